The van der Waals surface area contributed by atoms with Crippen LogP contribution in [0.15, 0.2) is 0 Å². The number of hydrogen-bond acceptors (Lipinski definition) is 1. The minimum absolute atomic E-state index is 0.527. The van der Waals surface area contributed by atoms with E-state index in [1.807, 2.05) is 0 Å². The molecular formula is C16H31OP. The molecule has 2 atom stereocenters. The molecule has 2 heteroatoms. The van der Waals surface area contributed by atoms with Gasteiger partial charge < -0.3 is 4.52 Å². The van der Waals surface area contributed by atoms with Gasteiger partial charge in [0, 0.05) is 9.47 Å². The van der Waals surface area contributed by atoms with Crippen molar-refractivity contribution in [3.05, 3.63) is 0 Å². The molecular weight excluding hydrogens is 239 g/mol. The van der Waals surface area contributed by atoms with E-state index in [9.17, 15) is 0 Å². The van der Waals surface area contributed by atoms with Gasteiger partial charge in [0.05, 0.1) is 6.10 Å². The molecule has 106 valence electrons. The van der Waals surface area contributed by atoms with Crippen LogP contribution in [0.5, 0.6) is 0 Å². The summed E-state index contributed by atoms with van der Waals surface area (Å²) in [7, 11) is 2.53. The summed E-state index contributed by atoms with van der Waals surface area (Å²) in [5.74, 6) is 1.89. The highest BCUT2D eigenvalue weighted by molar-refractivity contribution is 7.09. The van der Waals surface area contributed by atoms with E-state index in [-0.39, 0.29) is 0 Å². The Kier molecular flexibility index (Phi) is 7.02. The molecule has 2 fully saturated rings. The van der Waals surface area contributed by atoms with Gasteiger partial charge in [-0.2, -0.15) is 0 Å². The first-order valence-corrected chi connectivity index (χ1v) is 8.73. The second-order valence-corrected chi connectivity index (χ2v) is 6.78. The summed E-state index contributed by atoms with van der Waals surface area (Å²) in [4.78, 5) is 0. The lowest BCUT2D eigenvalue weighted by molar-refractivity contribution is 0.115. The van der Waals surface area contributed by atoms with Gasteiger partial charge in [-0.25, -0.2) is 0 Å². The number of rotatable bonds is 6. The van der Waals surface area contributed by atoms with Gasteiger partial charge in [-0.1, -0.05) is 64.2 Å². The van der Waals surface area contributed by atoms with Gasteiger partial charge in [-0.05, 0) is 31.1 Å². The normalized spacial score (nSPS) is 25.2. The zero-order valence-electron chi connectivity index (χ0n) is 11.9. The summed E-state index contributed by atoms with van der Waals surface area (Å²) in [6.45, 7) is 0. The second kappa shape index (κ2) is 8.54. The molecule has 0 spiro atoms. The monoisotopic (exact) mass is 270 g/mol. The van der Waals surface area contributed by atoms with Crippen LogP contribution in [0, 0.1) is 11.8 Å². The molecule has 2 saturated carbocycles. The molecule has 0 heterocycles. The molecule has 0 aliphatic heterocycles. The Morgan fingerprint density at radius 3 is 2.11 bits per heavy atom. The summed E-state index contributed by atoms with van der Waals surface area (Å²) in [6, 6.07) is 0. The number of hydrogen-bond donors (Lipinski definition) is 0. The molecule has 0 N–H and O–H groups in total. The first-order valence-electron chi connectivity index (χ1n) is 8.25. The Morgan fingerprint density at radius 2 is 1.50 bits per heavy atom. The maximum atomic E-state index is 5.70. The summed E-state index contributed by atoms with van der Waals surface area (Å²) >= 11 is 0. The fraction of sp³-hybridized carbons (Fsp3) is 1.00. The van der Waals surface area contributed by atoms with Gasteiger partial charge in [0.25, 0.3) is 0 Å². The zero-order chi connectivity index (χ0) is 12.6. The lowest BCUT2D eigenvalue weighted by Crippen LogP contribution is -2.23. The molecule has 0 aromatic rings. The van der Waals surface area contributed by atoms with E-state index in [0.717, 1.165) is 11.8 Å². The van der Waals surface area contributed by atoms with Crippen molar-refractivity contribution in [1.29, 1.82) is 0 Å². The first kappa shape index (κ1) is 14.8. The zero-order valence-corrected chi connectivity index (χ0v) is 13.1. The second-order valence-electron chi connectivity index (χ2n) is 6.51. The smallest absolute Gasteiger partial charge is 0.0639 e. The van der Waals surface area contributed by atoms with E-state index in [0.29, 0.717) is 6.10 Å². The van der Waals surface area contributed by atoms with Crippen molar-refractivity contribution in [1.82, 2.24) is 0 Å². The average Bonchev–Trinajstić information content (AvgIpc) is 2.46. The molecule has 0 aromatic carbocycles. The Labute approximate surface area is 116 Å². The maximum absolute atomic E-state index is 5.70. The highest BCUT2D eigenvalue weighted by Gasteiger charge is 2.23. The highest BCUT2D eigenvalue weighted by Crippen LogP contribution is 2.33. The van der Waals surface area contributed by atoms with Crippen LogP contribution in [0.25, 0.3) is 0 Å². The maximum Gasteiger partial charge on any atom is 0.0639 e. The molecule has 2 unspecified atom stereocenters. The Bertz CT molecular complexity index is 207. The quantitative estimate of drug-likeness (QED) is 0.580. The van der Waals surface area contributed by atoms with E-state index in [1.165, 1.54) is 83.5 Å². The lowest BCUT2D eigenvalue weighted by Gasteiger charge is -2.29. The van der Waals surface area contributed by atoms with Gasteiger partial charge in [0.1, 0.15) is 0 Å². The van der Waals surface area contributed by atoms with Crippen molar-refractivity contribution in [3.8, 4) is 0 Å². The molecule has 0 saturated heterocycles. The predicted octanol–water partition coefficient (Wildman–Crippen LogP) is 5.49. The molecule has 0 radical (unpaired) electrons. The van der Waals surface area contributed by atoms with E-state index >= 15 is 0 Å². The molecule has 1 nitrogen and oxygen atoms in total. The van der Waals surface area contributed by atoms with E-state index in [1.54, 1.807) is 0 Å². The summed E-state index contributed by atoms with van der Waals surface area (Å²) in [6.07, 6.45) is 19.2. The minimum atomic E-state index is 0.527. The molecule has 18 heavy (non-hydrogen) atoms. The lowest BCUT2D eigenvalue weighted by atomic mass is 9.82. The van der Waals surface area contributed by atoms with Crippen LogP contribution >= 0.6 is 9.47 Å². The fourth-order valence-electron chi connectivity index (χ4n) is 4.00. The average molecular weight is 270 g/mol. The Hall–Kier alpha value is 0.390. The van der Waals surface area contributed by atoms with Crippen LogP contribution in [0.1, 0.15) is 83.5 Å². The molecule has 2 rings (SSSR count). The SMILES string of the molecule is POC(CCCC1CCCCC1)C1CCCCC1. The van der Waals surface area contributed by atoms with Crippen LogP contribution in [-0.2, 0) is 4.52 Å². The van der Waals surface area contributed by atoms with E-state index < -0.39 is 0 Å². The van der Waals surface area contributed by atoms with Gasteiger partial charge >= 0.3 is 0 Å². The van der Waals surface area contributed by atoms with Crippen molar-refractivity contribution < 1.29 is 4.52 Å². The third-order valence-electron chi connectivity index (χ3n) is 5.18. The third kappa shape index (κ3) is 4.82. The largest absolute Gasteiger partial charge is 0.362 e. The van der Waals surface area contributed by atoms with Gasteiger partial charge in [0.2, 0.25) is 0 Å². The molecule has 0 amide bonds. The van der Waals surface area contributed by atoms with Gasteiger partial charge in [0.15, 0.2) is 0 Å². The van der Waals surface area contributed by atoms with Crippen LogP contribution in [-0.4, -0.2) is 6.10 Å². The van der Waals surface area contributed by atoms with Crippen molar-refractivity contribution in [2.45, 2.75) is 89.6 Å². The first-order chi connectivity index (χ1) is 8.90. The van der Waals surface area contributed by atoms with E-state index in [2.05, 4.69) is 9.47 Å². The van der Waals surface area contributed by atoms with E-state index in [4.69, 9.17) is 4.52 Å². The molecule has 0 bridgehead atoms. The summed E-state index contributed by atoms with van der Waals surface area (Å²) in [5, 5.41) is 0. The Morgan fingerprint density at radius 1 is 0.889 bits per heavy atom. The van der Waals surface area contributed by atoms with Crippen LogP contribution in [0.4, 0.5) is 0 Å². The molecule has 0 aromatic heterocycles. The third-order valence-corrected chi connectivity index (χ3v) is 5.53. The van der Waals surface area contributed by atoms with Crippen LogP contribution in [0.3, 0.4) is 0 Å². The molecule has 2 aliphatic carbocycles. The predicted molar refractivity (Wildman–Crippen MR) is 81.6 cm³/mol. The summed E-state index contributed by atoms with van der Waals surface area (Å²) in [5.41, 5.74) is 0. The van der Waals surface area contributed by atoms with Crippen LogP contribution in [0.2, 0.25) is 0 Å². The summed E-state index contributed by atoms with van der Waals surface area (Å²) < 4.78 is 5.70. The van der Waals surface area contributed by atoms with Crippen molar-refractivity contribution in [3.63, 3.8) is 0 Å². The van der Waals surface area contributed by atoms with Crippen LogP contribution < -0.4 is 0 Å². The minimum Gasteiger partial charge on any atom is -0.362 e. The van der Waals surface area contributed by atoms with Gasteiger partial charge in [-0.15, -0.1) is 0 Å². The Balaban J connectivity index is 1.63. The fourth-order valence-corrected chi connectivity index (χ4v) is 4.36. The standard InChI is InChI=1S/C16H31OP/c18-17-16(15-11-5-2-6-12-15)13-7-10-14-8-3-1-4-9-14/h14-16H,1-13,18H2. The van der Waals surface area contributed by atoms with Gasteiger partial charge in [-0.3, -0.25) is 0 Å². The topological polar surface area (TPSA) is 9.23 Å². The molecule has 2 aliphatic rings. The van der Waals surface area contributed by atoms with Crippen molar-refractivity contribution in [2.75, 3.05) is 0 Å². The van der Waals surface area contributed by atoms with Crippen molar-refractivity contribution >= 4 is 9.47 Å². The highest BCUT2D eigenvalue weighted by atomic mass is 31.0. The van der Waals surface area contributed by atoms with Crippen molar-refractivity contribution in [2.24, 2.45) is 11.8 Å².